The van der Waals surface area contributed by atoms with Crippen molar-refractivity contribution in [1.29, 1.82) is 0 Å². The van der Waals surface area contributed by atoms with Crippen molar-refractivity contribution in [3.63, 3.8) is 0 Å². The van der Waals surface area contributed by atoms with Gasteiger partial charge >= 0.3 is 0 Å². The van der Waals surface area contributed by atoms with Gasteiger partial charge in [0.1, 0.15) is 5.75 Å². The standard InChI is InChI=1S/C17H28N2O2/c1-12(13(2)20)10-14-6-8-19(9-7-14)16-5-4-15(18)11-17(16)21-3/h4-5,11-14,20H,6-10,18H2,1-3H3/t12-,13?/m1/s1. The van der Waals surface area contributed by atoms with Crippen molar-refractivity contribution in [2.45, 2.75) is 39.2 Å². The molecule has 0 amide bonds. The molecular weight excluding hydrogens is 264 g/mol. The number of hydrogen-bond acceptors (Lipinski definition) is 4. The molecule has 2 rings (SSSR count). The summed E-state index contributed by atoms with van der Waals surface area (Å²) >= 11 is 0. The molecule has 21 heavy (non-hydrogen) atoms. The Bertz CT molecular complexity index is 454. The number of piperidine rings is 1. The first-order valence-corrected chi connectivity index (χ1v) is 7.87. The van der Waals surface area contributed by atoms with Crippen LogP contribution in [0.1, 0.15) is 33.1 Å². The predicted octanol–water partition coefficient (Wildman–Crippen LogP) is 2.90. The van der Waals surface area contributed by atoms with Gasteiger partial charge in [-0.15, -0.1) is 0 Å². The maximum Gasteiger partial charge on any atom is 0.144 e. The summed E-state index contributed by atoms with van der Waals surface area (Å²) in [6, 6.07) is 5.86. The number of nitrogen functional groups attached to an aromatic ring is 1. The van der Waals surface area contributed by atoms with Crippen LogP contribution < -0.4 is 15.4 Å². The lowest BCUT2D eigenvalue weighted by molar-refractivity contribution is 0.115. The summed E-state index contributed by atoms with van der Waals surface area (Å²) in [6.07, 6.45) is 3.25. The number of benzene rings is 1. The molecule has 0 aromatic heterocycles. The normalized spacial score (nSPS) is 19.3. The van der Waals surface area contributed by atoms with Crippen LogP contribution in [0.15, 0.2) is 18.2 Å². The van der Waals surface area contributed by atoms with Crippen molar-refractivity contribution >= 4 is 11.4 Å². The third-order valence-electron chi connectivity index (χ3n) is 4.69. The van der Waals surface area contributed by atoms with Gasteiger partial charge in [-0.3, -0.25) is 0 Å². The quantitative estimate of drug-likeness (QED) is 0.819. The fraction of sp³-hybridized carbons (Fsp3) is 0.647. The Morgan fingerprint density at radius 2 is 2.00 bits per heavy atom. The Labute approximate surface area is 127 Å². The summed E-state index contributed by atoms with van der Waals surface area (Å²) in [4.78, 5) is 2.38. The fourth-order valence-electron chi connectivity index (χ4n) is 3.09. The zero-order valence-electron chi connectivity index (χ0n) is 13.4. The molecular formula is C17H28N2O2. The van der Waals surface area contributed by atoms with Crippen LogP contribution in [0.3, 0.4) is 0 Å². The van der Waals surface area contributed by atoms with E-state index in [1.54, 1.807) is 7.11 Å². The second-order valence-electron chi connectivity index (χ2n) is 6.32. The van der Waals surface area contributed by atoms with E-state index in [-0.39, 0.29) is 6.10 Å². The van der Waals surface area contributed by atoms with E-state index in [1.807, 2.05) is 25.1 Å². The first kappa shape index (κ1) is 16.0. The smallest absolute Gasteiger partial charge is 0.144 e. The summed E-state index contributed by atoms with van der Waals surface area (Å²) in [5.74, 6) is 1.95. The largest absolute Gasteiger partial charge is 0.495 e. The lowest BCUT2D eigenvalue weighted by atomic mass is 9.86. The van der Waals surface area contributed by atoms with E-state index in [1.165, 1.54) is 12.8 Å². The SMILES string of the molecule is COc1cc(N)ccc1N1CCC(C[C@@H](C)C(C)O)CC1. The second kappa shape index (κ2) is 7.03. The summed E-state index contributed by atoms with van der Waals surface area (Å²) in [7, 11) is 1.69. The zero-order chi connectivity index (χ0) is 15.4. The van der Waals surface area contributed by atoms with Crippen LogP contribution >= 0.6 is 0 Å². The number of hydrogen-bond donors (Lipinski definition) is 2. The van der Waals surface area contributed by atoms with Gasteiger partial charge in [-0.05, 0) is 50.2 Å². The number of aliphatic hydroxyl groups is 1. The first-order valence-electron chi connectivity index (χ1n) is 7.87. The minimum atomic E-state index is -0.208. The van der Waals surface area contributed by atoms with E-state index < -0.39 is 0 Å². The monoisotopic (exact) mass is 292 g/mol. The van der Waals surface area contributed by atoms with E-state index in [4.69, 9.17) is 10.5 Å². The summed E-state index contributed by atoms with van der Waals surface area (Å²) in [5.41, 5.74) is 7.68. The predicted molar refractivity (Wildman–Crippen MR) is 87.8 cm³/mol. The summed E-state index contributed by atoms with van der Waals surface area (Å²) in [5, 5.41) is 9.64. The lowest BCUT2D eigenvalue weighted by Crippen LogP contribution is -2.35. The summed E-state index contributed by atoms with van der Waals surface area (Å²) in [6.45, 7) is 6.11. The topological polar surface area (TPSA) is 58.7 Å². The molecule has 1 unspecified atom stereocenters. The van der Waals surface area contributed by atoms with E-state index in [0.717, 1.165) is 36.6 Å². The molecule has 2 atom stereocenters. The van der Waals surface area contributed by atoms with Gasteiger partial charge in [0.05, 0.1) is 18.9 Å². The van der Waals surface area contributed by atoms with Crippen molar-refractivity contribution in [3.05, 3.63) is 18.2 Å². The minimum Gasteiger partial charge on any atom is -0.495 e. The van der Waals surface area contributed by atoms with Gasteiger partial charge in [-0.25, -0.2) is 0 Å². The molecule has 1 aromatic carbocycles. The molecule has 118 valence electrons. The highest BCUT2D eigenvalue weighted by molar-refractivity contribution is 5.64. The van der Waals surface area contributed by atoms with Crippen LogP contribution in [0.5, 0.6) is 5.75 Å². The highest BCUT2D eigenvalue weighted by Gasteiger charge is 2.24. The van der Waals surface area contributed by atoms with E-state index in [0.29, 0.717) is 11.8 Å². The van der Waals surface area contributed by atoms with Crippen LogP contribution in [0.2, 0.25) is 0 Å². The van der Waals surface area contributed by atoms with Gasteiger partial charge in [-0.2, -0.15) is 0 Å². The molecule has 0 bridgehead atoms. The van der Waals surface area contributed by atoms with E-state index >= 15 is 0 Å². The molecule has 1 fully saturated rings. The van der Waals surface area contributed by atoms with Gasteiger partial charge in [-0.1, -0.05) is 6.92 Å². The molecule has 4 nitrogen and oxygen atoms in total. The van der Waals surface area contributed by atoms with Crippen molar-refractivity contribution in [2.75, 3.05) is 30.8 Å². The number of rotatable bonds is 5. The van der Waals surface area contributed by atoms with E-state index in [9.17, 15) is 5.11 Å². The van der Waals surface area contributed by atoms with Crippen LogP contribution in [-0.4, -0.2) is 31.4 Å². The highest BCUT2D eigenvalue weighted by Crippen LogP contribution is 2.34. The van der Waals surface area contributed by atoms with Gasteiger partial charge < -0.3 is 20.5 Å². The van der Waals surface area contributed by atoms with Gasteiger partial charge in [0.25, 0.3) is 0 Å². The van der Waals surface area contributed by atoms with Gasteiger partial charge in [0.15, 0.2) is 0 Å². The van der Waals surface area contributed by atoms with E-state index in [2.05, 4.69) is 11.8 Å². The maximum atomic E-state index is 9.64. The summed E-state index contributed by atoms with van der Waals surface area (Å²) < 4.78 is 5.45. The lowest BCUT2D eigenvalue weighted by Gasteiger charge is -2.35. The third kappa shape index (κ3) is 4.03. The molecule has 4 heteroatoms. The second-order valence-corrected chi connectivity index (χ2v) is 6.32. The van der Waals surface area contributed by atoms with Crippen LogP contribution in [0, 0.1) is 11.8 Å². The molecule has 1 saturated heterocycles. The van der Waals surface area contributed by atoms with Crippen LogP contribution in [0.25, 0.3) is 0 Å². The minimum absolute atomic E-state index is 0.208. The average molecular weight is 292 g/mol. The third-order valence-corrected chi connectivity index (χ3v) is 4.69. The highest BCUT2D eigenvalue weighted by atomic mass is 16.5. The van der Waals surface area contributed by atoms with Gasteiger partial charge in [0.2, 0.25) is 0 Å². The number of nitrogens with two attached hydrogens (primary N) is 1. The Kier molecular flexibility index (Phi) is 5.34. The molecule has 1 aromatic rings. The number of methoxy groups -OCH3 is 1. The Morgan fingerprint density at radius 3 is 2.57 bits per heavy atom. The van der Waals surface area contributed by atoms with Crippen LogP contribution in [0.4, 0.5) is 11.4 Å². The molecule has 1 aliphatic rings. The molecule has 3 N–H and O–H groups in total. The Morgan fingerprint density at radius 1 is 1.33 bits per heavy atom. The number of aliphatic hydroxyl groups excluding tert-OH is 1. The van der Waals surface area contributed by atoms with Crippen molar-refractivity contribution in [3.8, 4) is 5.75 Å². The fourth-order valence-corrected chi connectivity index (χ4v) is 3.09. The number of nitrogens with zero attached hydrogens (tertiary/aromatic N) is 1. The van der Waals surface area contributed by atoms with Crippen molar-refractivity contribution in [1.82, 2.24) is 0 Å². The van der Waals surface area contributed by atoms with Crippen molar-refractivity contribution < 1.29 is 9.84 Å². The number of anilines is 2. The average Bonchev–Trinajstić information content (AvgIpc) is 2.48. The molecule has 0 aliphatic carbocycles. The zero-order valence-corrected chi connectivity index (χ0v) is 13.4. The van der Waals surface area contributed by atoms with Crippen LogP contribution in [-0.2, 0) is 0 Å². The first-order chi connectivity index (χ1) is 10.0. The Balaban J connectivity index is 1.95. The van der Waals surface area contributed by atoms with Crippen molar-refractivity contribution in [2.24, 2.45) is 11.8 Å². The molecule has 1 heterocycles. The Hall–Kier alpha value is -1.42. The molecule has 0 spiro atoms. The molecule has 0 radical (unpaired) electrons. The van der Waals surface area contributed by atoms with Gasteiger partial charge in [0, 0.05) is 24.8 Å². The molecule has 0 saturated carbocycles. The number of ether oxygens (including phenoxy) is 1. The maximum absolute atomic E-state index is 9.64. The molecule has 1 aliphatic heterocycles.